The summed E-state index contributed by atoms with van der Waals surface area (Å²) in [5.74, 6) is -8.85. The molecular formula is C8H6F12O. The molecule has 0 saturated carbocycles. The molecule has 0 aliphatic heterocycles. The standard InChI is InChI=1S/C8H6F12O/c9-1-3(5(11,12)13)7(17,18)21-8(19,20)4(2-10)6(14,15)16/h3-4H,1-2H2. The van der Waals surface area contributed by atoms with Crippen LogP contribution in [0.1, 0.15) is 0 Å². The molecule has 128 valence electrons. The van der Waals surface area contributed by atoms with Crippen LogP contribution in [0.25, 0.3) is 0 Å². The monoisotopic (exact) mass is 346 g/mol. The second kappa shape index (κ2) is 6.08. The second-order valence-corrected chi connectivity index (χ2v) is 3.72. The molecule has 0 fully saturated rings. The number of rotatable bonds is 6. The third kappa shape index (κ3) is 5.11. The Balaban J connectivity index is 5.40. The van der Waals surface area contributed by atoms with Gasteiger partial charge in [0, 0.05) is 0 Å². The van der Waals surface area contributed by atoms with Gasteiger partial charge < -0.3 is 0 Å². The van der Waals surface area contributed by atoms with Gasteiger partial charge in [0.05, 0.1) is 0 Å². The van der Waals surface area contributed by atoms with Crippen molar-refractivity contribution in [2.45, 2.75) is 24.6 Å². The lowest BCUT2D eigenvalue weighted by molar-refractivity contribution is -0.445. The lowest BCUT2D eigenvalue weighted by Gasteiger charge is -2.32. The van der Waals surface area contributed by atoms with E-state index in [4.69, 9.17) is 0 Å². The first-order chi connectivity index (χ1) is 9.09. The second-order valence-electron chi connectivity index (χ2n) is 3.72. The van der Waals surface area contributed by atoms with Gasteiger partial charge in [-0.25, -0.2) is 0 Å². The van der Waals surface area contributed by atoms with Crippen LogP contribution >= 0.6 is 0 Å². The van der Waals surface area contributed by atoms with Crippen molar-refractivity contribution in [1.29, 1.82) is 0 Å². The molecule has 2 atom stereocenters. The Kier molecular flexibility index (Phi) is 5.83. The van der Waals surface area contributed by atoms with Crippen LogP contribution in [0.3, 0.4) is 0 Å². The zero-order chi connectivity index (χ0) is 17.3. The number of ether oxygens (including phenoxy) is 1. The molecule has 0 aromatic rings. The Hall–Kier alpha value is -0.880. The van der Waals surface area contributed by atoms with Crippen molar-refractivity contribution in [2.75, 3.05) is 13.3 Å². The van der Waals surface area contributed by atoms with Gasteiger partial charge in [-0.1, -0.05) is 0 Å². The third-order valence-corrected chi connectivity index (χ3v) is 2.18. The minimum atomic E-state index is -6.07. The van der Waals surface area contributed by atoms with Crippen LogP contribution in [0.4, 0.5) is 52.7 Å². The summed E-state index contributed by atoms with van der Waals surface area (Å²) < 4.78 is 149. The normalized spacial score (nSPS) is 17.7. The van der Waals surface area contributed by atoms with E-state index in [2.05, 4.69) is 4.74 Å². The van der Waals surface area contributed by atoms with Gasteiger partial charge in [0.1, 0.15) is 13.3 Å². The molecular weight excluding hydrogens is 340 g/mol. The molecule has 13 heteroatoms. The van der Waals surface area contributed by atoms with Crippen molar-refractivity contribution in [3.8, 4) is 0 Å². The van der Waals surface area contributed by atoms with E-state index in [0.29, 0.717) is 0 Å². The van der Waals surface area contributed by atoms with Crippen molar-refractivity contribution in [3.63, 3.8) is 0 Å². The fraction of sp³-hybridized carbons (Fsp3) is 1.00. The van der Waals surface area contributed by atoms with E-state index in [-0.39, 0.29) is 0 Å². The SMILES string of the molecule is FCC(C(F)(F)F)C(F)(F)OC(F)(F)C(CF)C(F)(F)F. The molecule has 2 unspecified atom stereocenters. The van der Waals surface area contributed by atoms with Crippen LogP contribution in [0.5, 0.6) is 0 Å². The summed E-state index contributed by atoms with van der Waals surface area (Å²) in [6, 6.07) is 0. The Morgan fingerprint density at radius 2 is 0.810 bits per heavy atom. The number of hydrogen-bond acceptors (Lipinski definition) is 1. The maximum Gasteiger partial charge on any atom is 0.402 e. The van der Waals surface area contributed by atoms with E-state index in [1.165, 1.54) is 0 Å². The summed E-state index contributed by atoms with van der Waals surface area (Å²) in [6.45, 7) is -5.86. The molecule has 0 amide bonds. The predicted molar refractivity (Wildman–Crippen MR) is 42.0 cm³/mol. The van der Waals surface area contributed by atoms with Gasteiger partial charge in [-0.05, 0) is 0 Å². The molecule has 0 N–H and O–H groups in total. The van der Waals surface area contributed by atoms with Crippen LogP contribution in [-0.4, -0.2) is 37.9 Å². The molecule has 0 radical (unpaired) electrons. The quantitative estimate of drug-likeness (QED) is 0.644. The zero-order valence-corrected chi connectivity index (χ0v) is 9.51. The fourth-order valence-corrected chi connectivity index (χ4v) is 1.06. The van der Waals surface area contributed by atoms with E-state index in [1.807, 2.05) is 0 Å². The highest BCUT2D eigenvalue weighted by atomic mass is 19.4. The molecule has 0 heterocycles. The first-order valence-electron chi connectivity index (χ1n) is 4.80. The van der Waals surface area contributed by atoms with Gasteiger partial charge >= 0.3 is 24.6 Å². The summed E-state index contributed by atoms with van der Waals surface area (Å²) in [5.41, 5.74) is 0. The highest BCUT2D eigenvalue weighted by Crippen LogP contribution is 2.46. The van der Waals surface area contributed by atoms with Crippen LogP contribution in [0, 0.1) is 11.8 Å². The van der Waals surface area contributed by atoms with Gasteiger partial charge in [-0.15, -0.1) is 0 Å². The molecule has 0 saturated heterocycles. The van der Waals surface area contributed by atoms with Crippen molar-refractivity contribution in [2.24, 2.45) is 11.8 Å². The molecule has 21 heavy (non-hydrogen) atoms. The Labute approximate surface area is 108 Å². The van der Waals surface area contributed by atoms with Crippen molar-refractivity contribution in [1.82, 2.24) is 0 Å². The summed E-state index contributed by atoms with van der Waals surface area (Å²) in [4.78, 5) is 0. The topological polar surface area (TPSA) is 9.23 Å². The maximum atomic E-state index is 12.8. The summed E-state index contributed by atoms with van der Waals surface area (Å²) >= 11 is 0. The zero-order valence-electron chi connectivity index (χ0n) is 9.51. The first kappa shape index (κ1) is 20.1. The highest BCUT2D eigenvalue weighted by molar-refractivity contribution is 4.81. The molecule has 0 aliphatic carbocycles. The fourth-order valence-electron chi connectivity index (χ4n) is 1.06. The van der Waals surface area contributed by atoms with E-state index in [9.17, 15) is 52.7 Å². The van der Waals surface area contributed by atoms with E-state index >= 15 is 0 Å². The molecule has 0 spiro atoms. The van der Waals surface area contributed by atoms with E-state index in [1.54, 1.807) is 0 Å². The molecule has 1 nitrogen and oxygen atoms in total. The maximum absolute atomic E-state index is 12.8. The highest BCUT2D eigenvalue weighted by Gasteiger charge is 2.65. The number of hydrogen-bond donors (Lipinski definition) is 0. The summed E-state index contributed by atoms with van der Waals surface area (Å²) in [5, 5.41) is 0. The molecule has 0 aromatic carbocycles. The molecule has 0 rings (SSSR count). The van der Waals surface area contributed by atoms with Gasteiger partial charge in [0.15, 0.2) is 11.8 Å². The predicted octanol–water partition coefficient (Wildman–Crippen LogP) is 4.48. The Morgan fingerprint density at radius 3 is 0.952 bits per heavy atom. The smallest absolute Gasteiger partial charge is 0.254 e. The number of alkyl halides is 12. The Morgan fingerprint density at radius 1 is 0.571 bits per heavy atom. The number of halogens is 12. The molecule has 0 bridgehead atoms. The van der Waals surface area contributed by atoms with Crippen molar-refractivity contribution < 1.29 is 57.4 Å². The minimum absolute atomic E-state index is 2.20. The van der Waals surface area contributed by atoms with Gasteiger partial charge in [0.2, 0.25) is 0 Å². The lowest BCUT2D eigenvalue weighted by Crippen LogP contribution is -2.51. The van der Waals surface area contributed by atoms with Crippen molar-refractivity contribution >= 4 is 0 Å². The van der Waals surface area contributed by atoms with Crippen LogP contribution in [-0.2, 0) is 4.74 Å². The average molecular weight is 346 g/mol. The van der Waals surface area contributed by atoms with Gasteiger partial charge in [0.25, 0.3) is 0 Å². The lowest BCUT2D eigenvalue weighted by atomic mass is 10.1. The average Bonchev–Trinajstić information content (AvgIpc) is 2.10. The summed E-state index contributed by atoms with van der Waals surface area (Å²) in [7, 11) is 0. The van der Waals surface area contributed by atoms with Crippen LogP contribution < -0.4 is 0 Å². The van der Waals surface area contributed by atoms with Gasteiger partial charge in [-0.2, -0.15) is 43.9 Å². The van der Waals surface area contributed by atoms with Gasteiger partial charge in [-0.3, -0.25) is 13.5 Å². The molecule has 0 aliphatic rings. The summed E-state index contributed by atoms with van der Waals surface area (Å²) in [6.07, 6.45) is -24.2. The molecule has 0 aromatic heterocycles. The van der Waals surface area contributed by atoms with E-state index < -0.39 is 49.8 Å². The van der Waals surface area contributed by atoms with Crippen molar-refractivity contribution in [3.05, 3.63) is 0 Å². The third-order valence-electron chi connectivity index (χ3n) is 2.18. The Bertz CT molecular complexity index is 299. The first-order valence-corrected chi connectivity index (χ1v) is 4.80. The minimum Gasteiger partial charge on any atom is -0.254 e. The van der Waals surface area contributed by atoms with E-state index in [0.717, 1.165) is 0 Å². The van der Waals surface area contributed by atoms with Crippen LogP contribution in [0.15, 0.2) is 0 Å². The van der Waals surface area contributed by atoms with Crippen LogP contribution in [0.2, 0.25) is 0 Å². The largest absolute Gasteiger partial charge is 0.402 e.